The molecule has 1 saturated heterocycles. The Hall–Kier alpha value is -2.08. The SMILES string of the molecule is COC(=O)c1ccc2c(c1)OC[C@@H](C(C)C)N(C(=O)C1CCOCC1)C2. The largest absolute Gasteiger partial charge is 0.491 e. The summed E-state index contributed by atoms with van der Waals surface area (Å²) >= 11 is 0. The third-order valence-electron chi connectivity index (χ3n) is 5.26. The second-order valence-electron chi connectivity index (χ2n) is 7.29. The summed E-state index contributed by atoms with van der Waals surface area (Å²) in [5, 5.41) is 0. The van der Waals surface area contributed by atoms with Gasteiger partial charge in [0.15, 0.2) is 0 Å². The minimum atomic E-state index is -0.392. The van der Waals surface area contributed by atoms with Crippen LogP contribution in [0, 0.1) is 11.8 Å². The molecule has 2 aliphatic rings. The second-order valence-corrected chi connectivity index (χ2v) is 7.29. The molecule has 6 heteroatoms. The molecular weight excluding hydrogens is 334 g/mol. The van der Waals surface area contributed by atoms with Crippen LogP contribution in [0.15, 0.2) is 18.2 Å². The monoisotopic (exact) mass is 361 g/mol. The highest BCUT2D eigenvalue weighted by molar-refractivity contribution is 5.90. The number of benzene rings is 1. The summed E-state index contributed by atoms with van der Waals surface area (Å²) in [6.07, 6.45) is 1.55. The fourth-order valence-electron chi connectivity index (χ4n) is 3.60. The van der Waals surface area contributed by atoms with Gasteiger partial charge in [0, 0.05) is 31.2 Å². The molecule has 1 aromatic carbocycles. The maximum Gasteiger partial charge on any atom is 0.337 e. The molecule has 1 atom stereocenters. The van der Waals surface area contributed by atoms with Crippen LogP contribution in [0.3, 0.4) is 0 Å². The summed E-state index contributed by atoms with van der Waals surface area (Å²) in [4.78, 5) is 26.9. The van der Waals surface area contributed by atoms with Gasteiger partial charge in [-0.05, 0) is 30.9 Å². The van der Waals surface area contributed by atoms with E-state index in [1.165, 1.54) is 7.11 Å². The lowest BCUT2D eigenvalue weighted by Gasteiger charge is -2.35. The highest BCUT2D eigenvalue weighted by Gasteiger charge is 2.35. The number of methoxy groups -OCH3 is 1. The van der Waals surface area contributed by atoms with Crippen molar-refractivity contribution in [1.29, 1.82) is 0 Å². The van der Waals surface area contributed by atoms with Crippen molar-refractivity contribution in [2.24, 2.45) is 11.8 Å². The summed E-state index contributed by atoms with van der Waals surface area (Å²) in [7, 11) is 1.36. The zero-order valence-corrected chi connectivity index (χ0v) is 15.7. The van der Waals surface area contributed by atoms with Gasteiger partial charge in [0.25, 0.3) is 0 Å². The van der Waals surface area contributed by atoms with Crippen molar-refractivity contribution < 1.29 is 23.8 Å². The van der Waals surface area contributed by atoms with Gasteiger partial charge in [-0.15, -0.1) is 0 Å². The lowest BCUT2D eigenvalue weighted by Crippen LogP contribution is -2.48. The van der Waals surface area contributed by atoms with Crippen molar-refractivity contribution in [3.8, 4) is 5.75 Å². The molecule has 1 amide bonds. The first-order valence-corrected chi connectivity index (χ1v) is 9.23. The topological polar surface area (TPSA) is 65.1 Å². The molecule has 2 aliphatic heterocycles. The van der Waals surface area contributed by atoms with E-state index in [0.717, 1.165) is 18.4 Å². The van der Waals surface area contributed by atoms with Crippen LogP contribution in [0.25, 0.3) is 0 Å². The highest BCUT2D eigenvalue weighted by atomic mass is 16.5. The molecule has 0 saturated carbocycles. The van der Waals surface area contributed by atoms with Crippen molar-refractivity contribution in [1.82, 2.24) is 4.90 Å². The standard InChI is InChI=1S/C20H27NO5/c1-13(2)17-12-26-18-10-15(20(23)24-3)4-5-16(18)11-21(17)19(22)14-6-8-25-9-7-14/h4-5,10,13-14,17H,6-9,11-12H2,1-3H3/t17-/m0/s1. The van der Waals surface area contributed by atoms with Gasteiger partial charge in [0.2, 0.25) is 5.91 Å². The van der Waals surface area contributed by atoms with E-state index in [1.807, 2.05) is 11.0 Å². The van der Waals surface area contributed by atoms with E-state index < -0.39 is 5.97 Å². The van der Waals surface area contributed by atoms with Crippen LogP contribution in [0.2, 0.25) is 0 Å². The molecule has 142 valence electrons. The Kier molecular flexibility index (Phi) is 5.81. The van der Waals surface area contributed by atoms with Crippen LogP contribution >= 0.6 is 0 Å². The summed E-state index contributed by atoms with van der Waals surface area (Å²) in [5.41, 5.74) is 1.37. The summed E-state index contributed by atoms with van der Waals surface area (Å²) in [6, 6.07) is 5.29. The second kappa shape index (κ2) is 8.08. The zero-order chi connectivity index (χ0) is 18.7. The van der Waals surface area contributed by atoms with E-state index in [2.05, 4.69) is 13.8 Å². The van der Waals surface area contributed by atoms with Gasteiger partial charge >= 0.3 is 5.97 Å². The van der Waals surface area contributed by atoms with Crippen LogP contribution in [0.4, 0.5) is 0 Å². The van der Waals surface area contributed by atoms with Crippen LogP contribution in [-0.2, 0) is 20.8 Å². The molecule has 0 N–H and O–H groups in total. The first-order chi connectivity index (χ1) is 12.5. The molecular formula is C20H27NO5. The molecule has 2 heterocycles. The molecule has 1 fully saturated rings. The quantitative estimate of drug-likeness (QED) is 0.775. The van der Waals surface area contributed by atoms with Crippen molar-refractivity contribution in [2.75, 3.05) is 26.9 Å². The Morgan fingerprint density at radius 3 is 2.62 bits per heavy atom. The molecule has 0 aromatic heterocycles. The average molecular weight is 361 g/mol. The number of amides is 1. The number of carbonyl (C=O) groups excluding carboxylic acids is 2. The minimum absolute atomic E-state index is 0.000628. The molecule has 26 heavy (non-hydrogen) atoms. The zero-order valence-electron chi connectivity index (χ0n) is 15.7. The van der Waals surface area contributed by atoms with Gasteiger partial charge in [-0.25, -0.2) is 4.79 Å². The van der Waals surface area contributed by atoms with E-state index in [-0.39, 0.29) is 23.8 Å². The number of carbonyl (C=O) groups is 2. The maximum atomic E-state index is 13.2. The Morgan fingerprint density at radius 1 is 1.23 bits per heavy atom. The summed E-state index contributed by atoms with van der Waals surface area (Å²) < 4.78 is 16.2. The fraction of sp³-hybridized carbons (Fsp3) is 0.600. The molecule has 0 radical (unpaired) electrons. The number of hydrogen-bond acceptors (Lipinski definition) is 5. The molecule has 0 spiro atoms. The lowest BCUT2D eigenvalue weighted by atomic mass is 9.95. The van der Waals surface area contributed by atoms with Crippen molar-refractivity contribution in [3.05, 3.63) is 29.3 Å². The smallest absolute Gasteiger partial charge is 0.337 e. The number of ether oxygens (including phenoxy) is 3. The Bertz CT molecular complexity index is 666. The van der Waals surface area contributed by atoms with E-state index in [1.54, 1.807) is 12.1 Å². The molecule has 3 rings (SSSR count). The minimum Gasteiger partial charge on any atom is -0.491 e. The van der Waals surface area contributed by atoms with Gasteiger partial charge in [-0.1, -0.05) is 19.9 Å². The van der Waals surface area contributed by atoms with Gasteiger partial charge in [-0.2, -0.15) is 0 Å². The predicted molar refractivity (Wildman–Crippen MR) is 96.0 cm³/mol. The van der Waals surface area contributed by atoms with E-state index in [4.69, 9.17) is 14.2 Å². The van der Waals surface area contributed by atoms with Crippen LogP contribution < -0.4 is 4.74 Å². The number of hydrogen-bond donors (Lipinski definition) is 0. The van der Waals surface area contributed by atoms with Crippen molar-refractivity contribution >= 4 is 11.9 Å². The third-order valence-corrected chi connectivity index (χ3v) is 5.26. The fourth-order valence-corrected chi connectivity index (χ4v) is 3.60. The third kappa shape index (κ3) is 3.85. The van der Waals surface area contributed by atoms with E-state index >= 15 is 0 Å². The van der Waals surface area contributed by atoms with Crippen LogP contribution in [0.5, 0.6) is 5.75 Å². The van der Waals surface area contributed by atoms with Gasteiger partial charge in [-0.3, -0.25) is 4.79 Å². The molecule has 0 aliphatic carbocycles. The molecule has 1 aromatic rings. The number of nitrogens with zero attached hydrogens (tertiary/aromatic N) is 1. The van der Waals surface area contributed by atoms with Crippen LogP contribution in [0.1, 0.15) is 42.6 Å². The molecule has 0 bridgehead atoms. The molecule has 6 nitrogen and oxygen atoms in total. The maximum absolute atomic E-state index is 13.2. The summed E-state index contributed by atoms with van der Waals surface area (Å²) in [6.45, 7) is 6.42. The Morgan fingerprint density at radius 2 is 1.96 bits per heavy atom. The van der Waals surface area contributed by atoms with E-state index in [0.29, 0.717) is 37.7 Å². The van der Waals surface area contributed by atoms with Crippen LogP contribution in [-0.4, -0.2) is 49.7 Å². The number of rotatable bonds is 3. The van der Waals surface area contributed by atoms with Crippen molar-refractivity contribution in [2.45, 2.75) is 39.3 Å². The summed E-state index contributed by atoms with van der Waals surface area (Å²) in [5.74, 6) is 0.728. The number of fused-ring (bicyclic) bond motifs is 1. The number of esters is 1. The molecule has 0 unspecified atom stereocenters. The first kappa shape index (κ1) is 18.7. The van der Waals surface area contributed by atoms with Gasteiger partial charge in [0.05, 0.1) is 18.7 Å². The van der Waals surface area contributed by atoms with Crippen molar-refractivity contribution in [3.63, 3.8) is 0 Å². The highest BCUT2D eigenvalue weighted by Crippen LogP contribution is 2.31. The Balaban J connectivity index is 1.87. The normalized spacial score (nSPS) is 20.9. The predicted octanol–water partition coefficient (Wildman–Crippen LogP) is 2.65. The average Bonchev–Trinajstić information content (AvgIpc) is 2.86. The van der Waals surface area contributed by atoms with Gasteiger partial charge < -0.3 is 19.1 Å². The lowest BCUT2D eigenvalue weighted by molar-refractivity contribution is -0.143. The first-order valence-electron chi connectivity index (χ1n) is 9.23. The van der Waals surface area contributed by atoms with Gasteiger partial charge in [0.1, 0.15) is 12.4 Å². The van der Waals surface area contributed by atoms with E-state index in [9.17, 15) is 9.59 Å². The Labute approximate surface area is 154 Å².